The van der Waals surface area contributed by atoms with E-state index in [4.69, 9.17) is 37.4 Å². The zero-order valence-corrected chi connectivity index (χ0v) is 22.2. The van der Waals surface area contributed by atoms with Crippen molar-refractivity contribution in [2.24, 2.45) is 13.0 Å². The first-order valence-electron chi connectivity index (χ1n) is 11.9. The Morgan fingerprint density at radius 1 is 1.15 bits per heavy atom. The quantitative estimate of drug-likeness (QED) is 0.167. The van der Waals surface area contributed by atoms with Crippen molar-refractivity contribution in [1.29, 1.82) is 0 Å². The smallest absolute Gasteiger partial charge is 0.387 e. The van der Waals surface area contributed by atoms with Gasteiger partial charge in [-0.2, -0.15) is 13.5 Å². The van der Waals surface area contributed by atoms with Gasteiger partial charge in [-0.1, -0.05) is 29.3 Å². The fourth-order valence-corrected chi connectivity index (χ4v) is 4.32. The summed E-state index contributed by atoms with van der Waals surface area (Å²) in [6, 6.07) is 7.30. The SMILES string of the molecule is Cn1cccc1C(=O)OCC(=O)O[C@@H](Cc1c(Cl)c[n+]([O-])cc1Cl)c1ccc(OC(F)F)c(OCC2CC2)c1. The third kappa shape index (κ3) is 7.73. The Kier molecular flexibility index (Phi) is 9.13. The lowest BCUT2D eigenvalue weighted by Gasteiger charge is -2.21. The van der Waals surface area contributed by atoms with Crippen LogP contribution in [0.3, 0.4) is 0 Å². The summed E-state index contributed by atoms with van der Waals surface area (Å²) in [5.41, 5.74) is 0.882. The molecule has 39 heavy (non-hydrogen) atoms. The molecule has 9 nitrogen and oxygen atoms in total. The van der Waals surface area contributed by atoms with Gasteiger partial charge in [0, 0.05) is 25.2 Å². The highest BCUT2D eigenvalue weighted by molar-refractivity contribution is 6.35. The van der Waals surface area contributed by atoms with E-state index >= 15 is 0 Å². The Hall–Kier alpha value is -3.57. The lowest BCUT2D eigenvalue weighted by atomic mass is 10.0. The van der Waals surface area contributed by atoms with Gasteiger partial charge in [0.1, 0.15) is 21.8 Å². The lowest BCUT2D eigenvalue weighted by Crippen LogP contribution is -2.26. The van der Waals surface area contributed by atoms with E-state index in [2.05, 4.69) is 4.74 Å². The van der Waals surface area contributed by atoms with Crippen molar-refractivity contribution in [2.45, 2.75) is 32.0 Å². The molecule has 1 saturated carbocycles. The Balaban J connectivity index is 1.58. The van der Waals surface area contributed by atoms with Crippen LogP contribution in [0, 0.1) is 11.1 Å². The number of esters is 2. The predicted octanol–water partition coefficient (Wildman–Crippen LogP) is 5.04. The highest BCUT2D eigenvalue weighted by Crippen LogP contribution is 2.37. The van der Waals surface area contributed by atoms with Gasteiger partial charge in [-0.05, 0) is 48.6 Å². The number of nitrogens with zero attached hydrogens (tertiary/aromatic N) is 2. The molecule has 1 aromatic carbocycles. The number of carbonyl (C=O) groups is 2. The predicted molar refractivity (Wildman–Crippen MR) is 135 cm³/mol. The minimum absolute atomic E-state index is 0.0246. The molecule has 1 aliphatic carbocycles. The van der Waals surface area contributed by atoms with Crippen LogP contribution >= 0.6 is 23.2 Å². The lowest BCUT2D eigenvalue weighted by molar-refractivity contribution is -0.605. The first-order valence-corrected chi connectivity index (χ1v) is 12.6. The summed E-state index contributed by atoms with van der Waals surface area (Å²) in [5.74, 6) is -1.44. The molecule has 0 N–H and O–H groups in total. The molecule has 3 aromatic rings. The van der Waals surface area contributed by atoms with E-state index in [9.17, 15) is 23.6 Å². The van der Waals surface area contributed by atoms with Gasteiger partial charge in [-0.3, -0.25) is 0 Å². The fourth-order valence-electron chi connectivity index (χ4n) is 3.73. The van der Waals surface area contributed by atoms with Crippen LogP contribution < -0.4 is 14.2 Å². The van der Waals surface area contributed by atoms with E-state index in [1.54, 1.807) is 19.3 Å². The standard InChI is InChI=1S/C26H24Cl2F2N2O7/c1-31-8-2-3-20(31)25(34)37-14-24(33)38-22(10-17-18(27)11-32(35)12-19(17)28)16-6-7-21(39-26(29)30)23(9-16)36-13-15-4-5-15/h2-3,6-9,11-12,15,22,26H,4-5,10,13-14H2,1H3/t22-/m0/s1. The van der Waals surface area contributed by atoms with Crippen molar-refractivity contribution in [3.63, 3.8) is 0 Å². The highest BCUT2D eigenvalue weighted by Gasteiger charge is 2.27. The van der Waals surface area contributed by atoms with Crippen LogP contribution in [0.4, 0.5) is 8.78 Å². The van der Waals surface area contributed by atoms with E-state index in [0.29, 0.717) is 28.4 Å². The number of alkyl halides is 2. The summed E-state index contributed by atoms with van der Waals surface area (Å²) >= 11 is 12.5. The van der Waals surface area contributed by atoms with Crippen LogP contribution in [-0.4, -0.2) is 36.3 Å². The Bertz CT molecular complexity index is 1320. The number of halogens is 4. The van der Waals surface area contributed by atoms with E-state index in [1.165, 1.54) is 28.8 Å². The molecule has 0 aliphatic heterocycles. The second-order valence-electron chi connectivity index (χ2n) is 8.89. The van der Waals surface area contributed by atoms with E-state index in [0.717, 1.165) is 25.2 Å². The molecule has 1 fully saturated rings. The van der Waals surface area contributed by atoms with Crippen molar-refractivity contribution in [2.75, 3.05) is 13.2 Å². The normalized spacial score (nSPS) is 13.7. The van der Waals surface area contributed by atoms with Crippen LogP contribution in [0.25, 0.3) is 0 Å². The maximum absolute atomic E-state index is 13.0. The van der Waals surface area contributed by atoms with Crippen molar-refractivity contribution < 1.29 is 42.0 Å². The second kappa shape index (κ2) is 12.5. The zero-order valence-electron chi connectivity index (χ0n) is 20.7. The van der Waals surface area contributed by atoms with E-state index in [-0.39, 0.29) is 33.7 Å². The van der Waals surface area contributed by atoms with Crippen LogP contribution in [0.15, 0.2) is 48.9 Å². The largest absolute Gasteiger partial charge is 0.619 e. The summed E-state index contributed by atoms with van der Waals surface area (Å²) in [6.07, 6.45) is 4.60. The molecule has 0 amide bonds. The second-order valence-corrected chi connectivity index (χ2v) is 9.71. The van der Waals surface area contributed by atoms with Crippen LogP contribution in [-0.2, 0) is 27.7 Å². The van der Waals surface area contributed by atoms with Crippen LogP contribution in [0.5, 0.6) is 11.5 Å². The maximum Gasteiger partial charge on any atom is 0.387 e. The van der Waals surface area contributed by atoms with E-state index in [1.807, 2.05) is 0 Å². The third-order valence-corrected chi connectivity index (χ3v) is 6.57. The average molecular weight is 585 g/mol. The summed E-state index contributed by atoms with van der Waals surface area (Å²) in [7, 11) is 1.65. The minimum atomic E-state index is -3.08. The first-order chi connectivity index (χ1) is 18.6. The Labute approximate surface area is 232 Å². The highest BCUT2D eigenvalue weighted by atomic mass is 35.5. The molecular formula is C26H24Cl2F2N2O7. The van der Waals surface area contributed by atoms with Gasteiger partial charge in [0.2, 0.25) is 0 Å². The summed E-state index contributed by atoms with van der Waals surface area (Å²) in [4.78, 5) is 25.0. The number of hydrogen-bond donors (Lipinski definition) is 0. The van der Waals surface area contributed by atoms with Crippen molar-refractivity contribution in [1.82, 2.24) is 4.57 Å². The molecule has 1 atom stereocenters. The average Bonchev–Trinajstić information content (AvgIpc) is 3.60. The number of ether oxygens (including phenoxy) is 4. The van der Waals surface area contributed by atoms with E-state index < -0.39 is 31.3 Å². The molecule has 0 saturated heterocycles. The Morgan fingerprint density at radius 2 is 1.87 bits per heavy atom. The molecule has 0 unspecified atom stereocenters. The molecule has 2 heterocycles. The molecule has 1 aliphatic rings. The third-order valence-electron chi connectivity index (χ3n) is 5.92. The number of rotatable bonds is 12. The van der Waals surface area contributed by atoms with Gasteiger partial charge in [-0.25, -0.2) is 9.59 Å². The zero-order chi connectivity index (χ0) is 28.1. The van der Waals surface area contributed by atoms with Gasteiger partial charge >= 0.3 is 18.6 Å². The number of aromatic nitrogens is 2. The number of carbonyl (C=O) groups excluding carboxylic acids is 2. The van der Waals surface area contributed by atoms with Gasteiger partial charge < -0.3 is 28.7 Å². The minimum Gasteiger partial charge on any atom is -0.619 e. The van der Waals surface area contributed by atoms with Crippen molar-refractivity contribution in [3.05, 3.63) is 81.0 Å². The topological polar surface area (TPSA) is 103 Å². The number of hydrogen-bond acceptors (Lipinski definition) is 7. The number of aryl methyl sites for hydroxylation is 1. The summed E-state index contributed by atoms with van der Waals surface area (Å²) in [5, 5.41) is 11.7. The molecule has 13 heteroatoms. The van der Waals surface area contributed by atoms with Crippen LogP contribution in [0.2, 0.25) is 10.0 Å². The monoisotopic (exact) mass is 584 g/mol. The van der Waals surface area contributed by atoms with Gasteiger partial charge in [0.05, 0.1) is 6.61 Å². The molecule has 0 spiro atoms. The molecule has 0 radical (unpaired) electrons. The number of pyridine rings is 1. The van der Waals surface area contributed by atoms with Crippen molar-refractivity contribution in [3.8, 4) is 11.5 Å². The van der Waals surface area contributed by atoms with Gasteiger partial charge in [0.25, 0.3) is 0 Å². The first kappa shape index (κ1) is 28.4. The summed E-state index contributed by atoms with van der Waals surface area (Å²) in [6.45, 7) is -3.47. The summed E-state index contributed by atoms with van der Waals surface area (Å²) < 4.78 is 48.9. The molecular weight excluding hydrogens is 561 g/mol. The number of benzene rings is 1. The van der Waals surface area contributed by atoms with Gasteiger partial charge in [-0.15, -0.1) is 0 Å². The van der Waals surface area contributed by atoms with Crippen molar-refractivity contribution >= 4 is 35.1 Å². The molecule has 2 aromatic heterocycles. The molecule has 0 bridgehead atoms. The Morgan fingerprint density at radius 3 is 2.49 bits per heavy atom. The molecule has 4 rings (SSSR count). The molecule has 208 valence electrons. The van der Waals surface area contributed by atoms with Crippen LogP contribution in [0.1, 0.15) is 40.6 Å². The van der Waals surface area contributed by atoms with Gasteiger partial charge in [0.15, 0.2) is 30.5 Å². The maximum atomic E-state index is 13.0. The fraction of sp³-hybridized carbons (Fsp3) is 0.346.